The highest BCUT2D eigenvalue weighted by Gasteiger charge is 2.21. The van der Waals surface area contributed by atoms with Crippen LogP contribution in [0.4, 0.5) is 17.1 Å². The predicted octanol–water partition coefficient (Wildman–Crippen LogP) is 12.7. The van der Waals surface area contributed by atoms with Gasteiger partial charge in [0.15, 0.2) is 0 Å². The SMILES string of the molecule is c1ccc(N(c2ccc3ccc4ccccc4c3c2)c2ccc(-c3cccc4ccccc34)c3sc4ccccc4c23)cc1. The van der Waals surface area contributed by atoms with Gasteiger partial charge in [0, 0.05) is 37.1 Å². The van der Waals surface area contributed by atoms with Gasteiger partial charge in [-0.05, 0) is 74.3 Å². The Kier molecular flexibility index (Phi) is 5.75. The van der Waals surface area contributed by atoms with E-state index in [-0.39, 0.29) is 0 Å². The lowest BCUT2D eigenvalue weighted by molar-refractivity contribution is 1.31. The zero-order valence-corrected chi connectivity index (χ0v) is 24.8. The van der Waals surface area contributed by atoms with E-state index in [9.17, 15) is 0 Å². The van der Waals surface area contributed by atoms with Crippen LogP contribution in [0.1, 0.15) is 0 Å². The van der Waals surface area contributed by atoms with Crippen LogP contribution in [0.5, 0.6) is 0 Å². The molecule has 0 aliphatic carbocycles. The second-order valence-corrected chi connectivity index (χ2v) is 12.4. The second-order valence-electron chi connectivity index (χ2n) is 11.3. The lowest BCUT2D eigenvalue weighted by Crippen LogP contribution is -2.10. The summed E-state index contributed by atoms with van der Waals surface area (Å²) in [5, 5.41) is 10.2. The van der Waals surface area contributed by atoms with Gasteiger partial charge in [-0.3, -0.25) is 0 Å². The molecule has 0 amide bonds. The molecule has 0 bridgehead atoms. The number of hydrogen-bond donors (Lipinski definition) is 0. The Balaban J connectivity index is 1.36. The molecule has 0 radical (unpaired) electrons. The van der Waals surface area contributed by atoms with Crippen molar-refractivity contribution < 1.29 is 0 Å². The number of para-hydroxylation sites is 1. The zero-order valence-electron chi connectivity index (χ0n) is 23.9. The molecule has 0 atom stereocenters. The Labute approximate surface area is 259 Å². The number of benzene rings is 8. The van der Waals surface area contributed by atoms with E-state index in [1.165, 1.54) is 69.3 Å². The van der Waals surface area contributed by atoms with Crippen molar-refractivity contribution in [3.8, 4) is 11.1 Å². The van der Waals surface area contributed by atoms with E-state index in [4.69, 9.17) is 0 Å². The molecule has 1 heterocycles. The lowest BCUT2D eigenvalue weighted by Gasteiger charge is -2.27. The van der Waals surface area contributed by atoms with Crippen LogP contribution in [-0.4, -0.2) is 0 Å². The molecule has 0 saturated carbocycles. The van der Waals surface area contributed by atoms with Gasteiger partial charge in [0.2, 0.25) is 0 Å². The van der Waals surface area contributed by atoms with E-state index in [1.54, 1.807) is 0 Å². The van der Waals surface area contributed by atoms with E-state index >= 15 is 0 Å². The van der Waals surface area contributed by atoms with Gasteiger partial charge >= 0.3 is 0 Å². The molecule has 0 spiro atoms. The smallest absolute Gasteiger partial charge is 0.0555 e. The summed E-state index contributed by atoms with van der Waals surface area (Å²) < 4.78 is 2.61. The number of fused-ring (bicyclic) bond motifs is 7. The number of rotatable bonds is 4. The van der Waals surface area contributed by atoms with Crippen LogP contribution in [-0.2, 0) is 0 Å². The van der Waals surface area contributed by atoms with Crippen LogP contribution < -0.4 is 4.90 Å². The van der Waals surface area contributed by atoms with Gasteiger partial charge in [0.05, 0.1) is 5.69 Å². The fourth-order valence-electron chi connectivity index (χ4n) is 6.80. The molecule has 0 unspecified atom stereocenters. The molecule has 0 fully saturated rings. The summed E-state index contributed by atoms with van der Waals surface area (Å²) in [4.78, 5) is 2.44. The van der Waals surface area contributed by atoms with E-state index in [0.29, 0.717) is 0 Å². The largest absolute Gasteiger partial charge is 0.310 e. The molecule has 1 aromatic heterocycles. The lowest BCUT2D eigenvalue weighted by atomic mass is 9.95. The maximum atomic E-state index is 2.44. The number of hydrogen-bond acceptors (Lipinski definition) is 2. The third kappa shape index (κ3) is 3.92. The van der Waals surface area contributed by atoms with Crippen molar-refractivity contribution in [3.05, 3.63) is 164 Å². The molecule has 2 heteroatoms. The quantitative estimate of drug-likeness (QED) is 0.188. The maximum absolute atomic E-state index is 2.44. The van der Waals surface area contributed by atoms with Gasteiger partial charge in [0.25, 0.3) is 0 Å². The monoisotopic (exact) mass is 577 g/mol. The van der Waals surface area contributed by atoms with Crippen LogP contribution >= 0.6 is 11.3 Å². The third-order valence-electron chi connectivity index (χ3n) is 8.83. The van der Waals surface area contributed by atoms with Gasteiger partial charge in [0.1, 0.15) is 0 Å². The minimum Gasteiger partial charge on any atom is -0.310 e. The third-order valence-corrected chi connectivity index (χ3v) is 10.0. The fraction of sp³-hybridized carbons (Fsp3) is 0. The first-order valence-corrected chi connectivity index (χ1v) is 15.8. The van der Waals surface area contributed by atoms with Gasteiger partial charge in [-0.2, -0.15) is 0 Å². The summed E-state index contributed by atoms with van der Waals surface area (Å²) in [6.45, 7) is 0. The average Bonchev–Trinajstić information content (AvgIpc) is 3.49. The van der Waals surface area contributed by atoms with Crippen LogP contribution in [0.3, 0.4) is 0 Å². The minimum atomic E-state index is 1.14. The Morgan fingerprint density at radius 2 is 1.02 bits per heavy atom. The molecular formula is C42H27NS. The highest BCUT2D eigenvalue weighted by molar-refractivity contribution is 7.26. The summed E-state index contributed by atoms with van der Waals surface area (Å²) in [5.74, 6) is 0. The Morgan fingerprint density at radius 3 is 1.86 bits per heavy atom. The summed E-state index contributed by atoms with van der Waals surface area (Å²) in [7, 11) is 0. The molecule has 8 aromatic carbocycles. The van der Waals surface area contributed by atoms with Crippen LogP contribution in [0.25, 0.3) is 63.6 Å². The summed E-state index contributed by atoms with van der Waals surface area (Å²) in [5.41, 5.74) is 6.03. The molecule has 1 nitrogen and oxygen atoms in total. The van der Waals surface area contributed by atoms with E-state index < -0.39 is 0 Å². The van der Waals surface area contributed by atoms with E-state index in [2.05, 4.69) is 169 Å². The van der Waals surface area contributed by atoms with Gasteiger partial charge in [-0.25, -0.2) is 0 Å². The highest BCUT2D eigenvalue weighted by atomic mass is 32.1. The predicted molar refractivity (Wildman–Crippen MR) is 192 cm³/mol. The van der Waals surface area contributed by atoms with Crippen LogP contribution in [0, 0.1) is 0 Å². The Bertz CT molecular complexity index is 2500. The number of thiophene rings is 1. The second kappa shape index (κ2) is 10.1. The van der Waals surface area contributed by atoms with Gasteiger partial charge < -0.3 is 4.90 Å². The molecule has 0 N–H and O–H groups in total. The number of anilines is 3. The van der Waals surface area contributed by atoms with Gasteiger partial charge in [-0.1, -0.05) is 127 Å². The number of nitrogens with zero attached hydrogens (tertiary/aromatic N) is 1. The van der Waals surface area contributed by atoms with Crippen molar-refractivity contribution >= 4 is 80.9 Å². The molecular weight excluding hydrogens is 551 g/mol. The molecule has 206 valence electrons. The van der Waals surface area contributed by atoms with E-state index in [1.807, 2.05) is 11.3 Å². The van der Waals surface area contributed by atoms with Crippen molar-refractivity contribution in [2.75, 3.05) is 4.90 Å². The maximum Gasteiger partial charge on any atom is 0.0555 e. The average molecular weight is 578 g/mol. The summed E-state index contributed by atoms with van der Waals surface area (Å²) in [6.07, 6.45) is 0. The molecule has 0 saturated heterocycles. The molecule has 9 aromatic rings. The van der Waals surface area contributed by atoms with Crippen LogP contribution in [0.2, 0.25) is 0 Å². The zero-order chi connectivity index (χ0) is 29.0. The first-order chi connectivity index (χ1) is 21.8. The van der Waals surface area contributed by atoms with Crippen LogP contribution in [0.15, 0.2) is 164 Å². The van der Waals surface area contributed by atoms with Crippen molar-refractivity contribution in [1.29, 1.82) is 0 Å². The topological polar surface area (TPSA) is 3.24 Å². The molecule has 44 heavy (non-hydrogen) atoms. The first kappa shape index (κ1) is 25.1. The van der Waals surface area contributed by atoms with Crippen molar-refractivity contribution in [1.82, 2.24) is 0 Å². The Hall–Kier alpha value is -5.44. The first-order valence-electron chi connectivity index (χ1n) is 15.0. The summed E-state index contributed by atoms with van der Waals surface area (Å²) >= 11 is 1.89. The van der Waals surface area contributed by atoms with Gasteiger partial charge in [-0.15, -0.1) is 11.3 Å². The molecule has 0 aliphatic heterocycles. The molecule has 0 aliphatic rings. The van der Waals surface area contributed by atoms with Crippen molar-refractivity contribution in [2.45, 2.75) is 0 Å². The standard InChI is InChI=1S/C42H27NS/c1-2-14-31(15-3-1)43(32-24-23-30-22-21-29-12-5-7-17-34(29)38(30)27-32)39-26-25-36(35-19-10-13-28-11-4-6-16-33(28)35)42-41(39)37-18-8-9-20-40(37)44-42/h1-27H. The van der Waals surface area contributed by atoms with Crippen molar-refractivity contribution in [2.24, 2.45) is 0 Å². The Morgan fingerprint density at radius 1 is 0.386 bits per heavy atom. The summed E-state index contributed by atoms with van der Waals surface area (Å²) in [6, 6.07) is 59.7. The van der Waals surface area contributed by atoms with Crippen molar-refractivity contribution in [3.63, 3.8) is 0 Å². The normalized spacial score (nSPS) is 11.6. The van der Waals surface area contributed by atoms with E-state index in [0.717, 1.165) is 11.4 Å². The minimum absolute atomic E-state index is 1.14. The highest BCUT2D eigenvalue weighted by Crippen LogP contribution is 2.49. The fourth-order valence-corrected chi connectivity index (χ4v) is 8.05. The molecule has 9 rings (SSSR count).